The van der Waals surface area contributed by atoms with E-state index in [1.807, 2.05) is 6.07 Å². The Kier molecular flexibility index (Phi) is 2.90. The second kappa shape index (κ2) is 4.34. The van der Waals surface area contributed by atoms with Crippen molar-refractivity contribution in [2.45, 2.75) is 19.3 Å². The van der Waals surface area contributed by atoms with Crippen molar-refractivity contribution >= 4 is 5.71 Å². The Morgan fingerprint density at radius 2 is 2.00 bits per heavy atom. The summed E-state index contributed by atoms with van der Waals surface area (Å²) in [5, 5.41) is 4.01. The minimum atomic E-state index is 0.896. The van der Waals surface area contributed by atoms with Gasteiger partial charge in [0.2, 0.25) is 0 Å². The van der Waals surface area contributed by atoms with Crippen molar-refractivity contribution in [3.63, 3.8) is 0 Å². The number of nitrogens with zero attached hydrogens (tertiary/aromatic N) is 1. The Bertz CT molecular complexity index is 385. The van der Waals surface area contributed by atoms with Crippen molar-refractivity contribution in [3.05, 3.63) is 29.3 Å². The van der Waals surface area contributed by atoms with Gasteiger partial charge in [0, 0.05) is 6.42 Å². The third-order valence-corrected chi connectivity index (χ3v) is 2.71. The minimum Gasteiger partial charge on any atom is -0.497 e. The molecule has 3 heteroatoms. The molecular weight excluding hydrogens is 190 g/mol. The molecule has 1 aliphatic rings. The summed E-state index contributed by atoms with van der Waals surface area (Å²) < 4.78 is 5.20. The molecule has 1 aromatic carbocycles. The number of fused-ring (bicyclic) bond motifs is 1. The van der Waals surface area contributed by atoms with Gasteiger partial charge in [-0.25, -0.2) is 0 Å². The van der Waals surface area contributed by atoms with E-state index in [4.69, 9.17) is 9.57 Å². The summed E-state index contributed by atoms with van der Waals surface area (Å²) in [6.45, 7) is 0. The van der Waals surface area contributed by atoms with Crippen molar-refractivity contribution in [1.82, 2.24) is 0 Å². The number of oxime groups is 1. The summed E-state index contributed by atoms with van der Waals surface area (Å²) in [4.78, 5) is 4.80. The number of hydrogen-bond acceptors (Lipinski definition) is 3. The van der Waals surface area contributed by atoms with Gasteiger partial charge < -0.3 is 9.57 Å². The first kappa shape index (κ1) is 10.0. The molecule has 1 aliphatic carbocycles. The van der Waals surface area contributed by atoms with E-state index in [1.165, 1.54) is 11.1 Å². The van der Waals surface area contributed by atoms with Crippen LogP contribution in [-0.2, 0) is 17.7 Å². The van der Waals surface area contributed by atoms with Crippen molar-refractivity contribution in [2.75, 3.05) is 14.2 Å². The second-order valence-electron chi connectivity index (χ2n) is 3.65. The maximum absolute atomic E-state index is 5.20. The lowest BCUT2D eigenvalue weighted by Gasteiger charge is -2.17. The van der Waals surface area contributed by atoms with Crippen molar-refractivity contribution in [1.29, 1.82) is 0 Å². The molecule has 0 unspecified atom stereocenters. The van der Waals surface area contributed by atoms with E-state index in [-0.39, 0.29) is 0 Å². The highest BCUT2D eigenvalue weighted by atomic mass is 16.6. The van der Waals surface area contributed by atoms with Gasteiger partial charge in [-0.1, -0.05) is 11.2 Å². The quantitative estimate of drug-likeness (QED) is 0.693. The highest BCUT2D eigenvalue weighted by molar-refractivity contribution is 5.88. The topological polar surface area (TPSA) is 30.8 Å². The third kappa shape index (κ3) is 2.12. The summed E-state index contributed by atoms with van der Waals surface area (Å²) in [6.07, 6.45) is 2.90. The molecule has 0 heterocycles. The lowest BCUT2D eigenvalue weighted by atomic mass is 9.90. The van der Waals surface area contributed by atoms with E-state index < -0.39 is 0 Å². The molecule has 3 nitrogen and oxygen atoms in total. The Balaban J connectivity index is 2.24. The Labute approximate surface area is 89.7 Å². The number of rotatable bonds is 2. The van der Waals surface area contributed by atoms with Crippen molar-refractivity contribution in [2.24, 2.45) is 5.16 Å². The highest BCUT2D eigenvalue weighted by Gasteiger charge is 2.15. The standard InChI is InChI=1S/C12H15NO2/c1-14-12-6-4-9-7-11(13-15-2)5-3-10(9)8-12/h4,6,8H,3,5,7H2,1-2H3. The molecule has 0 bridgehead atoms. The zero-order valence-corrected chi connectivity index (χ0v) is 9.12. The van der Waals surface area contributed by atoms with Crippen LogP contribution in [-0.4, -0.2) is 19.9 Å². The SMILES string of the molecule is CON=C1CCc2cc(OC)ccc2C1. The summed E-state index contributed by atoms with van der Waals surface area (Å²) in [5.74, 6) is 0.931. The molecule has 0 spiro atoms. The molecule has 0 saturated carbocycles. The zero-order valence-electron chi connectivity index (χ0n) is 9.12. The van der Waals surface area contributed by atoms with Gasteiger partial charge in [-0.05, 0) is 36.1 Å². The van der Waals surface area contributed by atoms with Gasteiger partial charge in [0.1, 0.15) is 12.9 Å². The fourth-order valence-electron chi connectivity index (χ4n) is 1.93. The van der Waals surface area contributed by atoms with Gasteiger partial charge in [0.15, 0.2) is 0 Å². The van der Waals surface area contributed by atoms with E-state index in [1.54, 1.807) is 14.2 Å². The Morgan fingerprint density at radius 1 is 1.13 bits per heavy atom. The molecule has 0 fully saturated rings. The van der Waals surface area contributed by atoms with Gasteiger partial charge >= 0.3 is 0 Å². The smallest absolute Gasteiger partial charge is 0.119 e. The molecule has 15 heavy (non-hydrogen) atoms. The molecule has 0 radical (unpaired) electrons. The largest absolute Gasteiger partial charge is 0.497 e. The summed E-state index contributed by atoms with van der Waals surface area (Å²) in [6, 6.07) is 6.21. The van der Waals surface area contributed by atoms with Crippen LogP contribution in [0.3, 0.4) is 0 Å². The normalized spacial score (nSPS) is 17.3. The zero-order chi connectivity index (χ0) is 10.7. The first-order valence-electron chi connectivity index (χ1n) is 5.08. The molecule has 0 aliphatic heterocycles. The van der Waals surface area contributed by atoms with Crippen LogP contribution in [0.1, 0.15) is 17.5 Å². The summed E-state index contributed by atoms with van der Waals surface area (Å²) in [7, 11) is 3.29. The van der Waals surface area contributed by atoms with Gasteiger partial charge in [-0.15, -0.1) is 0 Å². The van der Waals surface area contributed by atoms with Gasteiger partial charge in [-0.3, -0.25) is 0 Å². The molecule has 0 aromatic heterocycles. The van der Waals surface area contributed by atoms with E-state index in [9.17, 15) is 0 Å². The number of aryl methyl sites for hydroxylation is 1. The monoisotopic (exact) mass is 205 g/mol. The van der Waals surface area contributed by atoms with E-state index in [0.29, 0.717) is 0 Å². The summed E-state index contributed by atoms with van der Waals surface area (Å²) in [5.41, 5.74) is 3.82. The molecular formula is C12H15NO2. The lowest BCUT2D eigenvalue weighted by molar-refractivity contribution is 0.211. The average Bonchev–Trinajstić information content (AvgIpc) is 2.29. The maximum atomic E-state index is 5.20. The Morgan fingerprint density at radius 3 is 2.73 bits per heavy atom. The fourth-order valence-corrected chi connectivity index (χ4v) is 1.93. The molecule has 0 saturated heterocycles. The van der Waals surface area contributed by atoms with E-state index >= 15 is 0 Å². The highest BCUT2D eigenvalue weighted by Crippen LogP contribution is 2.24. The molecule has 0 amide bonds. The Hall–Kier alpha value is -1.51. The predicted octanol–water partition coefficient (Wildman–Crippen LogP) is 2.19. The van der Waals surface area contributed by atoms with Gasteiger partial charge in [0.05, 0.1) is 12.8 Å². The van der Waals surface area contributed by atoms with Crippen LogP contribution in [0, 0.1) is 0 Å². The number of benzene rings is 1. The van der Waals surface area contributed by atoms with Crippen LogP contribution < -0.4 is 4.74 Å². The second-order valence-corrected chi connectivity index (χ2v) is 3.65. The lowest BCUT2D eigenvalue weighted by Crippen LogP contribution is -2.14. The van der Waals surface area contributed by atoms with E-state index in [2.05, 4.69) is 17.3 Å². The van der Waals surface area contributed by atoms with Gasteiger partial charge in [-0.2, -0.15) is 0 Å². The summed E-state index contributed by atoms with van der Waals surface area (Å²) >= 11 is 0. The number of methoxy groups -OCH3 is 1. The molecule has 0 atom stereocenters. The van der Waals surface area contributed by atoms with Crippen LogP contribution in [0.25, 0.3) is 0 Å². The van der Waals surface area contributed by atoms with Crippen LogP contribution in [0.2, 0.25) is 0 Å². The van der Waals surface area contributed by atoms with Crippen LogP contribution in [0.5, 0.6) is 5.75 Å². The van der Waals surface area contributed by atoms with Crippen LogP contribution in [0.4, 0.5) is 0 Å². The minimum absolute atomic E-state index is 0.896. The first-order chi connectivity index (χ1) is 7.33. The molecule has 2 rings (SSSR count). The van der Waals surface area contributed by atoms with Crippen LogP contribution >= 0.6 is 0 Å². The fraction of sp³-hybridized carbons (Fsp3) is 0.417. The van der Waals surface area contributed by atoms with E-state index in [0.717, 1.165) is 30.7 Å². The predicted molar refractivity (Wildman–Crippen MR) is 59.5 cm³/mol. The first-order valence-corrected chi connectivity index (χ1v) is 5.08. The molecule has 0 N–H and O–H groups in total. The van der Waals surface area contributed by atoms with Crippen LogP contribution in [0.15, 0.2) is 23.4 Å². The molecule has 80 valence electrons. The average molecular weight is 205 g/mol. The third-order valence-electron chi connectivity index (χ3n) is 2.71. The van der Waals surface area contributed by atoms with Gasteiger partial charge in [0.25, 0.3) is 0 Å². The molecule has 1 aromatic rings. The van der Waals surface area contributed by atoms with Crippen molar-refractivity contribution < 1.29 is 9.57 Å². The van der Waals surface area contributed by atoms with Crippen molar-refractivity contribution in [3.8, 4) is 5.75 Å². The maximum Gasteiger partial charge on any atom is 0.119 e. The number of hydrogen-bond donors (Lipinski definition) is 0. The number of ether oxygens (including phenoxy) is 1.